The second kappa shape index (κ2) is 64.7. The van der Waals surface area contributed by atoms with Gasteiger partial charge in [-0.05, 0) is 96.0 Å². The van der Waals surface area contributed by atoms with Gasteiger partial charge in [-0.25, -0.2) is 4.57 Å². The largest absolute Gasteiger partial charge is 0.472 e. The zero-order valence-corrected chi connectivity index (χ0v) is 58.0. The SMILES string of the molecule is CCCCC/C=C\C/C=C\C/C=C\CCCCCCCCCCCCC(=O)OC(/C=C/CCCCCCCCCCCCC)C(COP(=O)(O)OCC[N+](C)(C)C)NC(=O)CCCCCCCCCCCCCCC/C=C/CCCCCCCC. The van der Waals surface area contributed by atoms with E-state index in [9.17, 15) is 19.0 Å². The smallest absolute Gasteiger partial charge is 0.456 e. The number of phosphoric acid groups is 1. The van der Waals surface area contributed by atoms with Gasteiger partial charge in [-0.3, -0.25) is 18.6 Å². The van der Waals surface area contributed by atoms with E-state index in [4.69, 9.17) is 13.8 Å². The lowest BCUT2D eigenvalue weighted by molar-refractivity contribution is -0.870. The van der Waals surface area contributed by atoms with Crippen molar-refractivity contribution in [2.75, 3.05) is 40.9 Å². The van der Waals surface area contributed by atoms with Crippen molar-refractivity contribution in [1.29, 1.82) is 0 Å². The van der Waals surface area contributed by atoms with Gasteiger partial charge in [0.05, 0.1) is 33.8 Å². The molecule has 2 N–H and O–H groups in total. The third-order valence-electron chi connectivity index (χ3n) is 16.4. The molecule has 0 heterocycles. The number of ether oxygens (including phenoxy) is 1. The molecular weight excluding hydrogens is 1070 g/mol. The molecule has 0 saturated carbocycles. The second-order valence-corrected chi connectivity index (χ2v) is 27.6. The Morgan fingerprint density at radius 2 is 0.718 bits per heavy atom. The van der Waals surface area contributed by atoms with E-state index in [1.807, 2.05) is 33.3 Å². The summed E-state index contributed by atoms with van der Waals surface area (Å²) in [5, 5.41) is 3.08. The van der Waals surface area contributed by atoms with Crippen LogP contribution in [-0.2, 0) is 27.9 Å². The highest BCUT2D eigenvalue weighted by atomic mass is 31.2. The number of nitrogens with one attached hydrogen (secondary N) is 1. The summed E-state index contributed by atoms with van der Waals surface area (Å²) in [5.74, 6) is -0.495. The molecule has 0 bridgehead atoms. The minimum Gasteiger partial charge on any atom is -0.456 e. The number of allylic oxidation sites excluding steroid dienone is 9. The first-order valence-electron chi connectivity index (χ1n) is 36.6. The summed E-state index contributed by atoms with van der Waals surface area (Å²) in [7, 11) is 1.50. The van der Waals surface area contributed by atoms with Crippen molar-refractivity contribution < 1.29 is 37.3 Å². The molecule has 498 valence electrons. The van der Waals surface area contributed by atoms with Crippen molar-refractivity contribution in [3.05, 3.63) is 60.8 Å². The molecule has 0 fully saturated rings. The molecule has 0 spiro atoms. The molecule has 0 aromatic carbocycles. The zero-order valence-electron chi connectivity index (χ0n) is 57.1. The Balaban J connectivity index is 5.08. The molecule has 0 radical (unpaired) electrons. The average Bonchev–Trinajstić information content (AvgIpc) is 3.52. The van der Waals surface area contributed by atoms with Crippen LogP contribution >= 0.6 is 7.82 Å². The number of likely N-dealkylation sites (N-methyl/N-ethyl adjacent to an activating group) is 1. The highest BCUT2D eigenvalue weighted by Crippen LogP contribution is 2.43. The Kier molecular flexibility index (Phi) is 62.9. The predicted molar refractivity (Wildman–Crippen MR) is 369 cm³/mol. The van der Waals surface area contributed by atoms with Gasteiger partial charge in [0.1, 0.15) is 19.3 Å². The number of phosphoric ester groups is 1. The summed E-state index contributed by atoms with van der Waals surface area (Å²) in [6, 6.07) is -0.851. The number of nitrogens with zero attached hydrogens (tertiary/aromatic N) is 1. The Labute approximate surface area is 528 Å². The van der Waals surface area contributed by atoms with Crippen molar-refractivity contribution in [2.24, 2.45) is 0 Å². The van der Waals surface area contributed by atoms with E-state index in [1.54, 1.807) is 0 Å². The minimum atomic E-state index is -4.46. The number of esters is 1. The van der Waals surface area contributed by atoms with E-state index < -0.39 is 20.0 Å². The molecule has 85 heavy (non-hydrogen) atoms. The standard InChI is InChI=1S/C75H141N2O7P/c1-7-10-13-16-19-22-25-28-30-32-34-36-38-40-42-44-46-49-52-55-58-61-64-67-74(78)76-72(71-83-85(80,81)82-70-69-77(4,5)6)73(66-63-60-57-54-51-48-27-24-21-18-15-12-9-3)84-75(79)68-65-62-59-56-53-50-47-45-43-41-39-37-35-33-31-29-26-23-20-17-14-11-8-2/h20,23,28-31,35,37,63,66,72-73H,7-19,21-22,24-27,32-34,36,38-62,64-65,67-71H2,1-6H3,(H-,76,78,80,81)/p+1/b23-20-,30-28+,31-29-,37-35-,66-63+. The summed E-state index contributed by atoms with van der Waals surface area (Å²) < 4.78 is 30.9. The molecule has 0 aliphatic heterocycles. The van der Waals surface area contributed by atoms with E-state index in [2.05, 4.69) is 74.7 Å². The van der Waals surface area contributed by atoms with Gasteiger partial charge < -0.3 is 19.4 Å². The third kappa shape index (κ3) is 66.0. The Bertz CT molecular complexity index is 1640. The number of hydrogen-bond acceptors (Lipinski definition) is 6. The topological polar surface area (TPSA) is 111 Å². The average molecular weight is 1210 g/mol. The molecule has 3 unspecified atom stereocenters. The van der Waals surface area contributed by atoms with Crippen LogP contribution in [0.1, 0.15) is 355 Å². The quantitative estimate of drug-likeness (QED) is 0.0205. The Morgan fingerprint density at radius 3 is 1.11 bits per heavy atom. The van der Waals surface area contributed by atoms with Crippen LogP contribution in [0.3, 0.4) is 0 Å². The van der Waals surface area contributed by atoms with Crippen molar-refractivity contribution in [2.45, 2.75) is 367 Å². The predicted octanol–water partition coefficient (Wildman–Crippen LogP) is 23.3. The van der Waals surface area contributed by atoms with E-state index in [0.29, 0.717) is 17.4 Å². The van der Waals surface area contributed by atoms with Crippen LogP contribution in [-0.4, -0.2) is 74.3 Å². The first kappa shape index (κ1) is 82.7. The van der Waals surface area contributed by atoms with Crippen LogP contribution in [0.2, 0.25) is 0 Å². The summed E-state index contributed by atoms with van der Waals surface area (Å²) in [6.07, 6.45) is 83.7. The first-order chi connectivity index (χ1) is 41.4. The zero-order chi connectivity index (χ0) is 62.1. The van der Waals surface area contributed by atoms with Gasteiger partial charge in [-0.1, -0.05) is 307 Å². The summed E-state index contributed by atoms with van der Waals surface area (Å²) in [6.45, 7) is 7.03. The van der Waals surface area contributed by atoms with Crippen LogP contribution in [0, 0.1) is 0 Å². The van der Waals surface area contributed by atoms with Gasteiger partial charge in [-0.15, -0.1) is 0 Å². The third-order valence-corrected chi connectivity index (χ3v) is 17.4. The molecule has 0 saturated heterocycles. The summed E-state index contributed by atoms with van der Waals surface area (Å²) in [5.41, 5.74) is 0. The molecule has 0 aromatic rings. The molecule has 9 nitrogen and oxygen atoms in total. The maximum absolute atomic E-state index is 13.6. The van der Waals surface area contributed by atoms with Gasteiger partial charge in [0, 0.05) is 12.8 Å². The molecular formula is C75H142N2O7P+. The fourth-order valence-electron chi connectivity index (χ4n) is 10.8. The Hall–Kier alpha value is -2.29. The van der Waals surface area contributed by atoms with Gasteiger partial charge >= 0.3 is 13.8 Å². The van der Waals surface area contributed by atoms with Crippen LogP contribution < -0.4 is 5.32 Å². The van der Waals surface area contributed by atoms with Crippen molar-refractivity contribution in [3.63, 3.8) is 0 Å². The number of amides is 1. The van der Waals surface area contributed by atoms with E-state index in [-0.39, 0.29) is 31.5 Å². The summed E-state index contributed by atoms with van der Waals surface area (Å²) >= 11 is 0. The van der Waals surface area contributed by atoms with E-state index in [1.165, 1.54) is 250 Å². The van der Waals surface area contributed by atoms with Crippen LogP contribution in [0.4, 0.5) is 0 Å². The lowest BCUT2D eigenvalue weighted by Crippen LogP contribution is -2.47. The number of hydrogen-bond donors (Lipinski definition) is 2. The van der Waals surface area contributed by atoms with Crippen molar-refractivity contribution >= 4 is 19.7 Å². The number of carbonyl (C=O) groups excluding carboxylic acids is 2. The van der Waals surface area contributed by atoms with E-state index in [0.717, 1.165) is 70.6 Å². The number of quaternary nitrogens is 1. The Morgan fingerprint density at radius 1 is 0.412 bits per heavy atom. The van der Waals surface area contributed by atoms with Gasteiger partial charge in [0.25, 0.3) is 0 Å². The first-order valence-corrected chi connectivity index (χ1v) is 38.1. The van der Waals surface area contributed by atoms with Gasteiger partial charge in [0.2, 0.25) is 5.91 Å². The summed E-state index contributed by atoms with van der Waals surface area (Å²) in [4.78, 5) is 38.0. The molecule has 3 atom stereocenters. The van der Waals surface area contributed by atoms with Crippen molar-refractivity contribution in [3.8, 4) is 0 Å². The van der Waals surface area contributed by atoms with Gasteiger partial charge in [-0.2, -0.15) is 0 Å². The maximum atomic E-state index is 13.6. The van der Waals surface area contributed by atoms with E-state index >= 15 is 0 Å². The highest BCUT2D eigenvalue weighted by molar-refractivity contribution is 7.47. The maximum Gasteiger partial charge on any atom is 0.472 e. The minimum absolute atomic E-state index is 0.0399. The van der Waals surface area contributed by atoms with Crippen LogP contribution in [0.25, 0.3) is 0 Å². The number of unbranched alkanes of at least 4 members (excludes halogenated alkanes) is 43. The molecule has 0 rings (SSSR count). The number of carbonyl (C=O) groups is 2. The molecule has 0 aliphatic rings. The normalized spacial score (nSPS) is 13.8. The van der Waals surface area contributed by atoms with Crippen LogP contribution in [0.15, 0.2) is 60.8 Å². The second-order valence-electron chi connectivity index (χ2n) is 26.1. The number of rotatable bonds is 67. The molecule has 10 heteroatoms. The fourth-order valence-corrected chi connectivity index (χ4v) is 11.5. The highest BCUT2D eigenvalue weighted by Gasteiger charge is 2.30. The molecule has 0 aliphatic carbocycles. The van der Waals surface area contributed by atoms with Crippen molar-refractivity contribution in [1.82, 2.24) is 5.32 Å². The van der Waals surface area contributed by atoms with Gasteiger partial charge in [0.15, 0.2) is 0 Å². The lowest BCUT2D eigenvalue weighted by atomic mass is 10.0. The molecule has 1 amide bonds. The van der Waals surface area contributed by atoms with Crippen LogP contribution in [0.5, 0.6) is 0 Å². The fraction of sp³-hybridized carbons (Fsp3) is 0.840. The monoisotopic (exact) mass is 1210 g/mol. The molecule has 0 aromatic heterocycles. The lowest BCUT2D eigenvalue weighted by Gasteiger charge is -2.27.